The van der Waals surface area contributed by atoms with Crippen molar-refractivity contribution in [1.29, 1.82) is 0 Å². The van der Waals surface area contributed by atoms with E-state index in [0.29, 0.717) is 6.04 Å². The summed E-state index contributed by atoms with van der Waals surface area (Å²) in [4.78, 5) is 10.3. The van der Waals surface area contributed by atoms with E-state index < -0.39 is 0 Å². The lowest BCUT2D eigenvalue weighted by Crippen LogP contribution is -2.26. The lowest BCUT2D eigenvalue weighted by molar-refractivity contribution is 0.459. The van der Waals surface area contributed by atoms with Crippen LogP contribution in [0.5, 0.6) is 0 Å². The molecule has 104 valence electrons. The topological polar surface area (TPSA) is 40.7 Å². The van der Waals surface area contributed by atoms with E-state index in [1.165, 1.54) is 9.75 Å². The molecule has 3 aromatic heterocycles. The van der Waals surface area contributed by atoms with Gasteiger partial charge in [-0.05, 0) is 29.8 Å². The molecule has 2 atom stereocenters. The van der Waals surface area contributed by atoms with Crippen molar-refractivity contribution in [3.63, 3.8) is 0 Å². The van der Waals surface area contributed by atoms with Crippen molar-refractivity contribution in [2.45, 2.75) is 25.4 Å². The molecule has 20 heavy (non-hydrogen) atoms. The van der Waals surface area contributed by atoms with Crippen LogP contribution in [0.2, 0.25) is 0 Å². The van der Waals surface area contributed by atoms with Gasteiger partial charge in [0.05, 0.1) is 6.04 Å². The number of hydrogen-bond donors (Lipinski definition) is 2. The first-order valence-corrected chi connectivity index (χ1v) is 8.40. The van der Waals surface area contributed by atoms with Gasteiger partial charge >= 0.3 is 0 Å². The fraction of sp³-hybridized carbons (Fsp3) is 0.267. The molecule has 0 amide bonds. The third-order valence-electron chi connectivity index (χ3n) is 3.25. The summed E-state index contributed by atoms with van der Waals surface area (Å²) in [5, 5.41) is 7.95. The Labute approximate surface area is 126 Å². The predicted molar refractivity (Wildman–Crippen MR) is 85.2 cm³/mol. The van der Waals surface area contributed by atoms with Crippen LogP contribution >= 0.6 is 22.7 Å². The maximum atomic E-state index is 4.34. The summed E-state index contributed by atoms with van der Waals surface area (Å²) in [5.74, 6) is 0.984. The standard InChI is InChI=1S/C15H17N3S2/c1-11(15-16-6-7-17-15)18-13(14-5-3-9-20-14)10-12-4-2-8-19-12/h2-9,11,13,18H,10H2,1H3,(H,16,17). The highest BCUT2D eigenvalue weighted by molar-refractivity contribution is 7.10. The van der Waals surface area contributed by atoms with Crippen molar-refractivity contribution in [1.82, 2.24) is 15.3 Å². The predicted octanol–water partition coefficient (Wildman–Crippen LogP) is 4.17. The third kappa shape index (κ3) is 3.17. The maximum absolute atomic E-state index is 4.34. The quantitative estimate of drug-likeness (QED) is 0.717. The van der Waals surface area contributed by atoms with Gasteiger partial charge in [0.15, 0.2) is 0 Å². The molecule has 3 nitrogen and oxygen atoms in total. The summed E-state index contributed by atoms with van der Waals surface area (Å²) < 4.78 is 0. The minimum atomic E-state index is 0.206. The summed E-state index contributed by atoms with van der Waals surface area (Å²) in [6.07, 6.45) is 4.68. The number of rotatable bonds is 6. The molecule has 0 spiro atoms. The molecule has 0 aliphatic heterocycles. The van der Waals surface area contributed by atoms with Crippen molar-refractivity contribution in [2.75, 3.05) is 0 Å². The second kappa shape index (κ2) is 6.35. The molecule has 0 radical (unpaired) electrons. The van der Waals surface area contributed by atoms with Crippen LogP contribution in [0.4, 0.5) is 0 Å². The zero-order chi connectivity index (χ0) is 13.8. The normalized spacial score (nSPS) is 14.2. The van der Waals surface area contributed by atoms with Crippen LogP contribution in [0.3, 0.4) is 0 Å². The molecule has 0 fully saturated rings. The molecule has 2 unspecified atom stereocenters. The Hall–Kier alpha value is -1.43. The highest BCUT2D eigenvalue weighted by Crippen LogP contribution is 2.27. The van der Waals surface area contributed by atoms with E-state index in [4.69, 9.17) is 0 Å². The SMILES string of the molecule is CC(NC(Cc1cccs1)c1cccs1)c1ncc[nH]1. The lowest BCUT2D eigenvalue weighted by atomic mass is 10.1. The van der Waals surface area contributed by atoms with Crippen molar-refractivity contribution in [2.24, 2.45) is 0 Å². The molecular weight excluding hydrogens is 286 g/mol. The number of nitrogens with one attached hydrogen (secondary N) is 2. The van der Waals surface area contributed by atoms with E-state index in [1.807, 2.05) is 17.5 Å². The zero-order valence-electron chi connectivity index (χ0n) is 11.2. The van der Waals surface area contributed by atoms with Crippen LogP contribution < -0.4 is 5.32 Å². The minimum Gasteiger partial charge on any atom is -0.347 e. The number of aromatic amines is 1. The van der Waals surface area contributed by atoms with E-state index in [1.54, 1.807) is 17.5 Å². The number of H-pyrrole nitrogens is 1. The van der Waals surface area contributed by atoms with Crippen LogP contribution in [0.25, 0.3) is 0 Å². The number of aromatic nitrogens is 2. The summed E-state index contributed by atoms with van der Waals surface area (Å²) in [6.45, 7) is 2.15. The molecule has 2 N–H and O–H groups in total. The lowest BCUT2D eigenvalue weighted by Gasteiger charge is -2.21. The number of nitrogens with zero attached hydrogens (tertiary/aromatic N) is 1. The van der Waals surface area contributed by atoms with Gasteiger partial charge in [0.1, 0.15) is 5.82 Å². The Morgan fingerprint density at radius 3 is 2.75 bits per heavy atom. The Bertz CT molecular complexity index is 600. The first kappa shape index (κ1) is 13.5. The third-order valence-corrected chi connectivity index (χ3v) is 5.14. The van der Waals surface area contributed by atoms with Crippen molar-refractivity contribution < 1.29 is 0 Å². The van der Waals surface area contributed by atoms with Gasteiger partial charge in [0.25, 0.3) is 0 Å². The first-order chi connectivity index (χ1) is 9.83. The average Bonchev–Trinajstić information content (AvgIpc) is 3.20. The largest absolute Gasteiger partial charge is 0.347 e. The number of imidazole rings is 1. The Balaban J connectivity index is 1.75. The molecule has 3 heterocycles. The summed E-state index contributed by atoms with van der Waals surface area (Å²) in [6, 6.07) is 9.16. The molecule has 0 aromatic carbocycles. The molecule has 3 rings (SSSR count). The number of thiophene rings is 2. The van der Waals surface area contributed by atoms with Crippen LogP contribution in [0.15, 0.2) is 47.4 Å². The molecular formula is C15H17N3S2. The van der Waals surface area contributed by atoms with E-state index in [0.717, 1.165) is 12.2 Å². The smallest absolute Gasteiger partial charge is 0.122 e. The van der Waals surface area contributed by atoms with E-state index >= 15 is 0 Å². The minimum absolute atomic E-state index is 0.206. The van der Waals surface area contributed by atoms with Crippen LogP contribution in [0, 0.1) is 0 Å². The maximum Gasteiger partial charge on any atom is 0.122 e. The van der Waals surface area contributed by atoms with E-state index in [9.17, 15) is 0 Å². The zero-order valence-corrected chi connectivity index (χ0v) is 12.9. The Kier molecular flexibility index (Phi) is 4.30. The second-order valence-electron chi connectivity index (χ2n) is 4.71. The van der Waals surface area contributed by atoms with Gasteiger partial charge in [-0.25, -0.2) is 4.98 Å². The molecule has 0 bridgehead atoms. The van der Waals surface area contributed by atoms with Crippen LogP contribution in [-0.2, 0) is 6.42 Å². The molecule has 0 aliphatic rings. The van der Waals surface area contributed by atoms with Gasteiger partial charge in [-0.1, -0.05) is 12.1 Å². The first-order valence-electron chi connectivity index (χ1n) is 6.64. The van der Waals surface area contributed by atoms with Gasteiger partial charge in [-0.2, -0.15) is 0 Å². The van der Waals surface area contributed by atoms with Crippen molar-refractivity contribution in [3.8, 4) is 0 Å². The van der Waals surface area contributed by atoms with E-state index in [2.05, 4.69) is 57.2 Å². The molecule has 0 aliphatic carbocycles. The van der Waals surface area contributed by atoms with Gasteiger partial charge in [-0.15, -0.1) is 22.7 Å². The Morgan fingerprint density at radius 2 is 2.10 bits per heavy atom. The summed E-state index contributed by atoms with van der Waals surface area (Å²) in [7, 11) is 0. The average molecular weight is 303 g/mol. The monoisotopic (exact) mass is 303 g/mol. The van der Waals surface area contributed by atoms with E-state index in [-0.39, 0.29) is 6.04 Å². The molecule has 5 heteroatoms. The highest BCUT2D eigenvalue weighted by atomic mass is 32.1. The van der Waals surface area contributed by atoms with Crippen molar-refractivity contribution >= 4 is 22.7 Å². The molecule has 0 saturated carbocycles. The second-order valence-corrected chi connectivity index (χ2v) is 6.73. The van der Waals surface area contributed by atoms with Crippen LogP contribution in [-0.4, -0.2) is 9.97 Å². The fourth-order valence-electron chi connectivity index (χ4n) is 2.26. The van der Waals surface area contributed by atoms with Crippen LogP contribution in [0.1, 0.15) is 34.6 Å². The van der Waals surface area contributed by atoms with Gasteiger partial charge < -0.3 is 4.98 Å². The van der Waals surface area contributed by atoms with Crippen molar-refractivity contribution in [3.05, 3.63) is 63.0 Å². The summed E-state index contributed by atoms with van der Waals surface area (Å²) in [5.41, 5.74) is 0. The molecule has 0 saturated heterocycles. The van der Waals surface area contributed by atoms with Gasteiger partial charge in [0.2, 0.25) is 0 Å². The van der Waals surface area contributed by atoms with Gasteiger partial charge in [-0.3, -0.25) is 5.32 Å². The Morgan fingerprint density at radius 1 is 1.25 bits per heavy atom. The summed E-state index contributed by atoms with van der Waals surface area (Å²) >= 11 is 3.62. The number of hydrogen-bond acceptors (Lipinski definition) is 4. The van der Waals surface area contributed by atoms with Gasteiger partial charge in [0, 0.05) is 34.6 Å². The highest BCUT2D eigenvalue weighted by Gasteiger charge is 2.18. The fourth-order valence-corrected chi connectivity index (χ4v) is 3.80. The molecule has 3 aromatic rings.